The van der Waals surface area contributed by atoms with E-state index in [1.807, 2.05) is 46.8 Å². The summed E-state index contributed by atoms with van der Waals surface area (Å²) in [4.78, 5) is 18.5. The van der Waals surface area contributed by atoms with Gasteiger partial charge in [0, 0.05) is 25.7 Å². The van der Waals surface area contributed by atoms with Crippen LogP contribution < -0.4 is 0 Å². The average molecular weight is 370 g/mol. The minimum absolute atomic E-state index is 0.277. The lowest BCUT2D eigenvalue weighted by molar-refractivity contribution is 0.0270. The fraction of sp³-hybridized carbons (Fsp3) is 0.500. The number of aromatic nitrogens is 3. The number of nitrogens with zero attached hydrogens (tertiary/aromatic N) is 4. The Morgan fingerprint density at radius 2 is 2.11 bits per heavy atom. The Balaban J connectivity index is 1.73. The van der Waals surface area contributed by atoms with Crippen molar-refractivity contribution in [2.75, 3.05) is 13.1 Å². The lowest BCUT2D eigenvalue weighted by atomic mass is 10.00. The second kappa shape index (κ2) is 7.50. The molecular weight excluding hydrogens is 344 g/mol. The Hall–Kier alpha value is -2.70. The summed E-state index contributed by atoms with van der Waals surface area (Å²) in [5.41, 5.74) is 3.45. The summed E-state index contributed by atoms with van der Waals surface area (Å²) >= 11 is 0. The fourth-order valence-corrected chi connectivity index (χ4v) is 2.92. The van der Waals surface area contributed by atoms with E-state index in [2.05, 4.69) is 15.2 Å². The van der Waals surface area contributed by atoms with Crippen molar-refractivity contribution >= 4 is 11.7 Å². The standard InChI is InChI=1S/C20H26N4O3/c1-6-16-22-23-18(26-16)15-11-13(2)17(21-12-15)14-7-9-24(10-8-14)19(25)27-20(3,4)5/h7,11-12H,6,8-10H2,1-5H3. The average Bonchev–Trinajstić information content (AvgIpc) is 3.09. The number of aryl methyl sites for hydroxylation is 2. The topological polar surface area (TPSA) is 81.4 Å². The number of amides is 1. The zero-order chi connectivity index (χ0) is 19.6. The molecule has 27 heavy (non-hydrogen) atoms. The predicted octanol–water partition coefficient (Wildman–Crippen LogP) is 4.03. The molecule has 1 aliphatic rings. The Morgan fingerprint density at radius 1 is 1.33 bits per heavy atom. The van der Waals surface area contributed by atoms with Gasteiger partial charge in [0.2, 0.25) is 11.8 Å². The van der Waals surface area contributed by atoms with E-state index in [4.69, 9.17) is 9.15 Å². The molecule has 0 saturated heterocycles. The van der Waals surface area contributed by atoms with Crippen LogP contribution in [0.25, 0.3) is 17.0 Å². The molecule has 0 aliphatic carbocycles. The first kappa shape index (κ1) is 19.1. The molecule has 0 saturated carbocycles. The van der Waals surface area contributed by atoms with Gasteiger partial charge in [-0.25, -0.2) is 4.79 Å². The molecular formula is C20H26N4O3. The SMILES string of the molecule is CCc1nnc(-c2cnc(C3=CCN(C(=O)OC(C)(C)C)CC3)c(C)c2)o1. The van der Waals surface area contributed by atoms with E-state index in [1.54, 1.807) is 11.1 Å². The molecule has 0 aromatic carbocycles. The Kier molecular flexibility index (Phi) is 5.30. The predicted molar refractivity (Wildman–Crippen MR) is 102 cm³/mol. The highest BCUT2D eigenvalue weighted by Crippen LogP contribution is 2.27. The molecule has 0 N–H and O–H groups in total. The summed E-state index contributed by atoms with van der Waals surface area (Å²) in [7, 11) is 0. The lowest BCUT2D eigenvalue weighted by Crippen LogP contribution is -2.39. The summed E-state index contributed by atoms with van der Waals surface area (Å²) in [5.74, 6) is 1.10. The Labute approximate surface area is 159 Å². The van der Waals surface area contributed by atoms with Gasteiger partial charge in [-0.2, -0.15) is 0 Å². The molecule has 7 nitrogen and oxygen atoms in total. The van der Waals surface area contributed by atoms with Crippen LogP contribution in [0.4, 0.5) is 4.79 Å². The van der Waals surface area contributed by atoms with Crippen molar-refractivity contribution in [2.24, 2.45) is 0 Å². The molecule has 1 aliphatic heterocycles. The van der Waals surface area contributed by atoms with Gasteiger partial charge < -0.3 is 14.1 Å². The summed E-state index contributed by atoms with van der Waals surface area (Å²) in [5, 5.41) is 8.07. The molecule has 2 aromatic heterocycles. The minimum Gasteiger partial charge on any atom is -0.444 e. The molecule has 3 heterocycles. The molecule has 0 bridgehead atoms. The number of pyridine rings is 1. The van der Waals surface area contributed by atoms with Crippen LogP contribution in [0.15, 0.2) is 22.8 Å². The molecule has 2 aromatic rings. The van der Waals surface area contributed by atoms with Gasteiger partial charge in [-0.3, -0.25) is 4.98 Å². The van der Waals surface area contributed by atoms with Crippen molar-refractivity contribution in [2.45, 2.75) is 53.1 Å². The molecule has 7 heteroatoms. The summed E-state index contributed by atoms with van der Waals surface area (Å²) < 4.78 is 11.0. The maximum absolute atomic E-state index is 12.2. The highest BCUT2D eigenvalue weighted by Gasteiger charge is 2.24. The molecule has 0 spiro atoms. The molecule has 0 unspecified atom stereocenters. The minimum atomic E-state index is -0.485. The largest absolute Gasteiger partial charge is 0.444 e. The van der Waals surface area contributed by atoms with Gasteiger partial charge in [-0.05, 0) is 51.3 Å². The normalized spacial score (nSPS) is 14.9. The van der Waals surface area contributed by atoms with Crippen molar-refractivity contribution in [1.82, 2.24) is 20.1 Å². The smallest absolute Gasteiger partial charge is 0.410 e. The zero-order valence-electron chi connectivity index (χ0n) is 16.6. The van der Waals surface area contributed by atoms with Crippen molar-refractivity contribution in [3.8, 4) is 11.5 Å². The first-order chi connectivity index (χ1) is 12.8. The monoisotopic (exact) mass is 370 g/mol. The second-order valence-corrected chi connectivity index (χ2v) is 7.65. The van der Waals surface area contributed by atoms with Gasteiger partial charge in [-0.1, -0.05) is 13.0 Å². The Bertz CT molecular complexity index is 864. The van der Waals surface area contributed by atoms with Crippen molar-refractivity contribution < 1.29 is 13.9 Å². The van der Waals surface area contributed by atoms with Crippen LogP contribution in [0.3, 0.4) is 0 Å². The second-order valence-electron chi connectivity index (χ2n) is 7.65. The van der Waals surface area contributed by atoms with Crippen LogP contribution in [0.1, 0.15) is 51.3 Å². The number of hydrogen-bond donors (Lipinski definition) is 0. The Morgan fingerprint density at radius 3 is 2.67 bits per heavy atom. The molecule has 0 fully saturated rings. The third-order valence-corrected chi connectivity index (χ3v) is 4.26. The summed E-state index contributed by atoms with van der Waals surface area (Å²) in [6.07, 6.45) is 4.98. The zero-order valence-corrected chi connectivity index (χ0v) is 16.6. The van der Waals surface area contributed by atoms with Crippen molar-refractivity contribution in [3.05, 3.63) is 35.5 Å². The number of rotatable bonds is 3. The third kappa shape index (κ3) is 4.53. The van der Waals surface area contributed by atoms with E-state index in [-0.39, 0.29) is 6.09 Å². The van der Waals surface area contributed by atoms with Crippen molar-refractivity contribution in [3.63, 3.8) is 0 Å². The first-order valence-electron chi connectivity index (χ1n) is 9.23. The number of carbonyl (C=O) groups excluding carboxylic acids is 1. The van der Waals surface area contributed by atoms with E-state index in [9.17, 15) is 4.79 Å². The lowest BCUT2D eigenvalue weighted by Gasteiger charge is -2.29. The number of ether oxygens (including phenoxy) is 1. The van der Waals surface area contributed by atoms with Gasteiger partial charge in [0.15, 0.2) is 0 Å². The van der Waals surface area contributed by atoms with Crippen LogP contribution in [-0.2, 0) is 11.2 Å². The molecule has 3 rings (SSSR count). The first-order valence-corrected chi connectivity index (χ1v) is 9.23. The van der Waals surface area contributed by atoms with Crippen molar-refractivity contribution in [1.29, 1.82) is 0 Å². The highest BCUT2D eigenvalue weighted by atomic mass is 16.6. The van der Waals surface area contributed by atoms with Gasteiger partial charge in [0.1, 0.15) is 5.60 Å². The molecule has 1 amide bonds. The van der Waals surface area contributed by atoms with E-state index < -0.39 is 5.60 Å². The van der Waals surface area contributed by atoms with E-state index >= 15 is 0 Å². The molecule has 144 valence electrons. The van der Waals surface area contributed by atoms with E-state index in [0.717, 1.165) is 28.8 Å². The van der Waals surface area contributed by atoms with Crippen LogP contribution in [0.5, 0.6) is 0 Å². The van der Waals surface area contributed by atoms with E-state index in [1.165, 1.54) is 0 Å². The van der Waals surface area contributed by atoms with Crippen LogP contribution in [0.2, 0.25) is 0 Å². The van der Waals surface area contributed by atoms with Crippen LogP contribution >= 0.6 is 0 Å². The van der Waals surface area contributed by atoms with Crippen LogP contribution in [-0.4, -0.2) is 44.9 Å². The number of hydrogen-bond acceptors (Lipinski definition) is 6. The van der Waals surface area contributed by atoms with Gasteiger partial charge in [-0.15, -0.1) is 10.2 Å². The maximum atomic E-state index is 12.2. The summed E-state index contributed by atoms with van der Waals surface area (Å²) in [6.45, 7) is 10.8. The van der Waals surface area contributed by atoms with Crippen LogP contribution in [0, 0.1) is 6.92 Å². The highest BCUT2D eigenvalue weighted by molar-refractivity contribution is 5.73. The third-order valence-electron chi connectivity index (χ3n) is 4.26. The molecule has 0 radical (unpaired) electrons. The van der Waals surface area contributed by atoms with E-state index in [0.29, 0.717) is 31.3 Å². The van der Waals surface area contributed by atoms with Gasteiger partial charge in [0.05, 0.1) is 11.3 Å². The number of carbonyl (C=O) groups is 1. The molecule has 0 atom stereocenters. The quantitative estimate of drug-likeness (QED) is 0.811. The fourth-order valence-electron chi connectivity index (χ4n) is 2.92. The van der Waals surface area contributed by atoms with Gasteiger partial charge >= 0.3 is 6.09 Å². The summed E-state index contributed by atoms with van der Waals surface area (Å²) in [6, 6.07) is 2.01. The maximum Gasteiger partial charge on any atom is 0.410 e. The van der Waals surface area contributed by atoms with Gasteiger partial charge in [0.25, 0.3) is 0 Å².